The first-order chi connectivity index (χ1) is 31.9. The van der Waals surface area contributed by atoms with Crippen molar-refractivity contribution in [3.8, 4) is 0 Å². The first kappa shape index (κ1) is 84.2. The van der Waals surface area contributed by atoms with E-state index >= 15 is 0 Å². The highest BCUT2D eigenvalue weighted by molar-refractivity contribution is 5.87. The number of ether oxygens (including phenoxy) is 2. The molecule has 0 spiro atoms. The highest BCUT2D eigenvalue weighted by Gasteiger charge is 2.15. The van der Waals surface area contributed by atoms with Crippen molar-refractivity contribution in [2.24, 2.45) is 0 Å². The van der Waals surface area contributed by atoms with E-state index in [4.69, 9.17) is 117 Å². The molecule has 0 aliphatic heterocycles. The first-order valence-electron chi connectivity index (χ1n) is 19.0. The second-order valence-corrected chi connectivity index (χ2v) is 12.0. The Morgan fingerprint density at radius 2 is 0.449 bits per heavy atom. The van der Waals surface area contributed by atoms with Gasteiger partial charge < -0.3 is 127 Å². The Bertz CT molecular complexity index is 1080. The molecule has 69 heavy (non-hydrogen) atoms. The predicted molar refractivity (Wildman–Crippen MR) is 236 cm³/mol. The molecule has 0 bridgehead atoms. The van der Waals surface area contributed by atoms with Gasteiger partial charge in [0, 0.05) is 29.4 Å². The van der Waals surface area contributed by atoms with E-state index in [0.717, 1.165) is 18.2 Å². The largest absolute Gasteiger partial charge is 0.478 e. The number of carbonyl (C=O) groups is 5. The summed E-state index contributed by atoms with van der Waals surface area (Å²) >= 11 is 0. The van der Waals surface area contributed by atoms with Gasteiger partial charge >= 0.3 is 29.8 Å². The van der Waals surface area contributed by atoms with Crippen LogP contribution in [0.4, 0.5) is 0 Å². The molecule has 0 aliphatic carbocycles. The summed E-state index contributed by atoms with van der Waals surface area (Å²) in [6.45, 7) is 13.6. The van der Waals surface area contributed by atoms with Gasteiger partial charge in [-0.25, -0.2) is 24.0 Å². The van der Waals surface area contributed by atoms with Gasteiger partial charge in [-0.05, 0) is 13.8 Å². The van der Waals surface area contributed by atoms with E-state index < -0.39 is 157 Å². The van der Waals surface area contributed by atoms with E-state index in [9.17, 15) is 24.0 Å². The molecule has 0 unspecified atom stereocenters. The lowest BCUT2D eigenvalue weighted by Crippen LogP contribution is -2.31. The quantitative estimate of drug-likeness (QED) is 0.0257. The zero-order valence-electron chi connectivity index (χ0n) is 38.2. The molecular weight excluding hydrogens is 948 g/mol. The minimum absolute atomic E-state index is 0.0325. The van der Waals surface area contributed by atoms with Crippen molar-refractivity contribution in [2.75, 3.05) is 79.3 Å². The second kappa shape index (κ2) is 61.3. The summed E-state index contributed by atoms with van der Waals surface area (Å²) in [6.07, 6.45) is -9.72. The molecule has 30 nitrogen and oxygen atoms in total. The molecule has 0 heterocycles. The Morgan fingerprint density at radius 3 is 0.507 bits per heavy atom. The maximum Gasteiger partial charge on any atom is 0.333 e. The lowest BCUT2D eigenvalue weighted by atomic mass is 10.2. The molecule has 0 aromatic rings. The fourth-order valence-corrected chi connectivity index (χ4v) is 1.73. The number of aliphatic hydroxyl groups excluding tert-OH is 20. The van der Waals surface area contributed by atoms with Crippen molar-refractivity contribution in [2.45, 2.75) is 74.9 Å². The van der Waals surface area contributed by atoms with E-state index in [2.05, 4.69) is 42.4 Å². The molecule has 0 radical (unpaired) electrons. The van der Waals surface area contributed by atoms with Gasteiger partial charge in [-0.2, -0.15) is 0 Å². The van der Waals surface area contributed by atoms with E-state index in [1.165, 1.54) is 0 Å². The number of esters is 2. The average Bonchev–Trinajstić information content (AvgIpc) is 3.35. The molecule has 23 N–H and O–H groups in total. The van der Waals surface area contributed by atoms with Crippen LogP contribution >= 0.6 is 0 Å². The van der Waals surface area contributed by atoms with Gasteiger partial charge in [-0.3, -0.25) is 0 Å². The number of hydrogen-bond donors (Lipinski definition) is 23. The number of carboxylic acid groups (broad SMARTS) is 3. The highest BCUT2D eigenvalue weighted by Crippen LogP contribution is 1.95. The van der Waals surface area contributed by atoms with E-state index in [-0.39, 0.29) is 13.2 Å². The van der Waals surface area contributed by atoms with Crippen LogP contribution in [0.5, 0.6) is 0 Å². The number of aliphatic hydroxyl groups is 20. The Balaban J connectivity index is -0.0000000855. The monoisotopic (exact) mass is 1020 g/mol. The van der Waals surface area contributed by atoms with Crippen LogP contribution in [0.25, 0.3) is 0 Å². The lowest BCUT2D eigenvalue weighted by Gasteiger charge is -2.10. The average molecular weight is 1030 g/mol. The number of carboxylic acids is 3. The predicted octanol–water partition coefficient (Wildman–Crippen LogP) is -9.54. The van der Waals surface area contributed by atoms with Crippen molar-refractivity contribution in [1.29, 1.82) is 0 Å². The molecule has 0 fully saturated rings. The number of rotatable bonds is 23. The van der Waals surface area contributed by atoms with Gasteiger partial charge in [0.25, 0.3) is 0 Å². The van der Waals surface area contributed by atoms with E-state index in [1.54, 1.807) is 13.8 Å². The fraction of sp³-hybridized carbons (Fsp3) is 0.615. The summed E-state index contributed by atoms with van der Waals surface area (Å²) in [5.41, 5.74) is 0.632. The third kappa shape index (κ3) is 75.0. The molecular formula is C39H76O30. The Morgan fingerprint density at radius 1 is 0.348 bits per heavy atom. The molecule has 0 saturated carbocycles. The highest BCUT2D eigenvalue weighted by atomic mass is 16.6. The molecule has 0 amide bonds. The van der Waals surface area contributed by atoms with Crippen LogP contribution < -0.4 is 0 Å². The van der Waals surface area contributed by atoms with Gasteiger partial charge in [-0.15, -0.1) is 0 Å². The van der Waals surface area contributed by atoms with Crippen LogP contribution in [-0.2, 0) is 33.4 Å². The van der Waals surface area contributed by atoms with Crippen LogP contribution in [-0.4, -0.2) is 288 Å². The van der Waals surface area contributed by atoms with Gasteiger partial charge in [0.1, 0.15) is 74.3 Å². The van der Waals surface area contributed by atoms with Gasteiger partial charge in [-0.1, -0.05) is 32.9 Å². The van der Waals surface area contributed by atoms with Crippen LogP contribution in [0, 0.1) is 0 Å². The number of aliphatic carboxylic acids is 3. The molecule has 412 valence electrons. The van der Waals surface area contributed by atoms with Gasteiger partial charge in [0.15, 0.2) is 0 Å². The fourth-order valence-electron chi connectivity index (χ4n) is 1.73. The minimum Gasteiger partial charge on any atom is -0.478 e. The Kier molecular flexibility index (Phi) is 74.8. The summed E-state index contributed by atoms with van der Waals surface area (Å²) in [7, 11) is 0. The number of carbonyl (C=O) groups excluding carboxylic acids is 2. The smallest absolute Gasteiger partial charge is 0.333 e. The third-order valence-electron chi connectivity index (χ3n) is 5.86. The second-order valence-electron chi connectivity index (χ2n) is 12.0. The normalized spacial score (nSPS) is 13.7. The molecule has 0 aromatic carbocycles. The third-order valence-corrected chi connectivity index (χ3v) is 5.86. The van der Waals surface area contributed by atoms with Gasteiger partial charge in [0.2, 0.25) is 0 Å². The molecule has 0 aromatic heterocycles. The molecule has 0 aliphatic rings. The lowest BCUT2D eigenvalue weighted by molar-refractivity contribution is -0.147. The van der Waals surface area contributed by atoms with Crippen molar-refractivity contribution >= 4 is 29.8 Å². The van der Waals surface area contributed by atoms with E-state index in [1.807, 2.05) is 0 Å². The minimum atomic E-state index is -1.22. The summed E-state index contributed by atoms with van der Waals surface area (Å²) in [6, 6.07) is 0. The molecule has 30 heteroatoms. The summed E-state index contributed by atoms with van der Waals surface area (Å²) in [5.74, 6) is -3.92. The molecule has 0 saturated heterocycles. The van der Waals surface area contributed by atoms with E-state index in [0.29, 0.717) is 11.1 Å². The zero-order chi connectivity index (χ0) is 56.8. The Labute approximate surface area is 397 Å². The van der Waals surface area contributed by atoms with Crippen molar-refractivity contribution in [3.63, 3.8) is 0 Å². The Hall–Kier alpha value is -4.75. The summed E-state index contributed by atoms with van der Waals surface area (Å²) in [5, 5.41) is 189. The van der Waals surface area contributed by atoms with Crippen molar-refractivity contribution in [1.82, 2.24) is 0 Å². The van der Waals surface area contributed by atoms with Crippen LogP contribution in [0.1, 0.15) is 13.8 Å². The number of hydrogen-bond acceptors (Lipinski definition) is 27. The maximum atomic E-state index is 10.8. The van der Waals surface area contributed by atoms with Gasteiger partial charge in [0.05, 0.1) is 66.1 Å². The SMILES string of the molecule is C=C(C)C(=O)OCCOC(=O)C(=C)C.C=CC(=O)O.C=CC(=O)O.C=CC(=O)O.OC[C@@H](O)[C@@H](O)CO.OC[C@@H](O)[C@@H](O)CO.OC[C@@H](O)[C@@H](O)CO.OC[C@@H](O)[C@@H](O)CO.OC[C@@H](O)[C@@H](O)CO. The topological polar surface area (TPSA) is 569 Å². The first-order valence-corrected chi connectivity index (χ1v) is 19.0. The standard InChI is InChI=1S/C10H14O4.5C4H10O4.3C3H4O2/c1-7(2)9(11)13-5-6-14-10(12)8(3)4;5*5-1-3(7)4(8)2-6;3*1-2-3(4)5/h1,3,5-6H2,2,4H3;5*3-8H,1-2H2;3*2H,1H2,(H,4,5)/t;5*3-,4+;;;. The maximum absolute atomic E-state index is 10.8. The summed E-state index contributed by atoms with van der Waals surface area (Å²) < 4.78 is 9.38. The van der Waals surface area contributed by atoms with Crippen molar-refractivity contribution in [3.05, 3.63) is 62.3 Å². The van der Waals surface area contributed by atoms with Crippen molar-refractivity contribution < 1.29 is 151 Å². The summed E-state index contributed by atoms with van der Waals surface area (Å²) in [4.78, 5) is 49.4. The zero-order valence-corrected chi connectivity index (χ0v) is 38.2. The van der Waals surface area contributed by atoms with Crippen LogP contribution in [0.3, 0.4) is 0 Å². The van der Waals surface area contributed by atoms with Crippen LogP contribution in [0.15, 0.2) is 62.3 Å². The molecule has 10 atom stereocenters. The molecule has 0 rings (SSSR count). The van der Waals surface area contributed by atoms with Crippen LogP contribution in [0.2, 0.25) is 0 Å².